The molecular weight excluding hydrogens is 388 g/mol. The summed E-state index contributed by atoms with van der Waals surface area (Å²) in [5, 5.41) is 0. The molecule has 1 aliphatic heterocycles. The van der Waals surface area contributed by atoms with Crippen molar-refractivity contribution in [1.82, 2.24) is 4.90 Å². The number of hydrogen-bond donors (Lipinski definition) is 0. The molecule has 3 rings (SSSR count). The molecule has 1 aliphatic rings. The Morgan fingerprint density at radius 2 is 1.66 bits per heavy atom. The molecule has 6 nitrogen and oxygen atoms in total. The van der Waals surface area contributed by atoms with Crippen molar-refractivity contribution in [3.63, 3.8) is 0 Å². The third-order valence-electron chi connectivity index (χ3n) is 5.10. The van der Waals surface area contributed by atoms with Crippen molar-refractivity contribution in [2.24, 2.45) is 0 Å². The fourth-order valence-electron chi connectivity index (χ4n) is 3.44. The third kappa shape index (κ3) is 5.29. The first kappa shape index (κ1) is 21.2. The monoisotopic (exact) mass is 416 g/mol. The van der Waals surface area contributed by atoms with Crippen molar-refractivity contribution < 1.29 is 17.9 Å². The van der Waals surface area contributed by atoms with E-state index < -0.39 is 9.84 Å². The fourth-order valence-corrected chi connectivity index (χ4v) is 4.67. The van der Waals surface area contributed by atoms with Crippen molar-refractivity contribution in [2.45, 2.75) is 25.2 Å². The van der Waals surface area contributed by atoms with E-state index in [0.717, 1.165) is 17.0 Å². The molecule has 0 aliphatic carbocycles. The normalized spacial score (nSPS) is 14.7. The number of rotatable bonds is 7. The average molecular weight is 417 g/mol. The van der Waals surface area contributed by atoms with Gasteiger partial charge in [0.1, 0.15) is 5.75 Å². The summed E-state index contributed by atoms with van der Waals surface area (Å²) in [6, 6.07) is 14.6. The van der Waals surface area contributed by atoms with Gasteiger partial charge in [0.05, 0.1) is 22.9 Å². The molecule has 156 valence electrons. The van der Waals surface area contributed by atoms with Crippen LogP contribution in [0, 0.1) is 6.92 Å². The van der Waals surface area contributed by atoms with Crippen molar-refractivity contribution in [1.29, 1.82) is 0 Å². The zero-order valence-corrected chi connectivity index (χ0v) is 17.8. The standard InChI is InChI=1S/C22H28N2O4S/c1-3-28-21-7-5-4-6-20(21)23-13-15-24(16-14-23)22(25)12-17-29(26,27)19-10-8-18(2)9-11-19/h4-11H,3,12-17H2,1-2H3. The Morgan fingerprint density at radius 1 is 1.00 bits per heavy atom. The molecule has 2 aromatic rings. The van der Waals surface area contributed by atoms with Gasteiger partial charge in [0.2, 0.25) is 5.91 Å². The van der Waals surface area contributed by atoms with Crippen LogP contribution in [0.25, 0.3) is 0 Å². The van der Waals surface area contributed by atoms with Gasteiger partial charge in [-0.2, -0.15) is 0 Å². The minimum Gasteiger partial charge on any atom is -0.492 e. The summed E-state index contributed by atoms with van der Waals surface area (Å²) in [6.07, 6.45) is 0.00570. The lowest BCUT2D eigenvalue weighted by Crippen LogP contribution is -2.49. The predicted octanol–water partition coefficient (Wildman–Crippen LogP) is 2.91. The van der Waals surface area contributed by atoms with E-state index in [2.05, 4.69) is 4.90 Å². The number of carbonyl (C=O) groups excluding carboxylic acids is 1. The molecule has 0 atom stereocenters. The van der Waals surface area contributed by atoms with Gasteiger partial charge in [-0.25, -0.2) is 8.42 Å². The van der Waals surface area contributed by atoms with Crippen molar-refractivity contribution in [3.05, 3.63) is 54.1 Å². The van der Waals surface area contributed by atoms with Gasteiger partial charge in [-0.3, -0.25) is 4.79 Å². The fraction of sp³-hybridized carbons (Fsp3) is 0.409. The van der Waals surface area contributed by atoms with Crippen LogP contribution in [0.2, 0.25) is 0 Å². The van der Waals surface area contributed by atoms with Crippen LogP contribution < -0.4 is 9.64 Å². The molecule has 29 heavy (non-hydrogen) atoms. The molecule has 1 fully saturated rings. The summed E-state index contributed by atoms with van der Waals surface area (Å²) >= 11 is 0. The molecule has 0 spiro atoms. The quantitative estimate of drug-likeness (QED) is 0.694. The number of anilines is 1. The highest BCUT2D eigenvalue weighted by atomic mass is 32.2. The van der Waals surface area contributed by atoms with Gasteiger partial charge < -0.3 is 14.5 Å². The zero-order chi connectivity index (χ0) is 20.9. The van der Waals surface area contributed by atoms with Crippen LogP contribution in [0.3, 0.4) is 0 Å². The zero-order valence-electron chi connectivity index (χ0n) is 17.0. The largest absolute Gasteiger partial charge is 0.492 e. The Hall–Kier alpha value is -2.54. The minimum absolute atomic E-state index is 0.00570. The summed E-state index contributed by atoms with van der Waals surface area (Å²) in [6.45, 7) is 7.00. The van der Waals surface area contributed by atoms with Crippen LogP contribution in [-0.4, -0.2) is 57.8 Å². The first-order valence-electron chi connectivity index (χ1n) is 9.94. The lowest BCUT2D eigenvalue weighted by atomic mass is 10.2. The van der Waals surface area contributed by atoms with E-state index in [0.29, 0.717) is 32.8 Å². The number of aryl methyl sites for hydroxylation is 1. The Labute approximate surface area is 173 Å². The van der Waals surface area contributed by atoms with E-state index >= 15 is 0 Å². The van der Waals surface area contributed by atoms with Gasteiger partial charge in [0.15, 0.2) is 9.84 Å². The number of piperazine rings is 1. The maximum Gasteiger partial charge on any atom is 0.223 e. The first-order chi connectivity index (χ1) is 13.9. The number of hydrogen-bond acceptors (Lipinski definition) is 5. The highest BCUT2D eigenvalue weighted by molar-refractivity contribution is 7.91. The SMILES string of the molecule is CCOc1ccccc1N1CCN(C(=O)CCS(=O)(=O)c2ccc(C)cc2)CC1. The lowest BCUT2D eigenvalue weighted by molar-refractivity contribution is -0.131. The van der Waals surface area contributed by atoms with Crippen molar-refractivity contribution >= 4 is 21.4 Å². The molecule has 0 N–H and O–H groups in total. The van der Waals surface area contributed by atoms with Crippen molar-refractivity contribution in [3.8, 4) is 5.75 Å². The lowest BCUT2D eigenvalue weighted by Gasteiger charge is -2.36. The Balaban J connectivity index is 1.54. The van der Waals surface area contributed by atoms with Gasteiger partial charge >= 0.3 is 0 Å². The number of sulfone groups is 1. The second kappa shape index (κ2) is 9.31. The van der Waals surface area contributed by atoms with Crippen molar-refractivity contribution in [2.75, 3.05) is 43.4 Å². The van der Waals surface area contributed by atoms with Crippen LogP contribution >= 0.6 is 0 Å². The number of carbonyl (C=O) groups is 1. The van der Waals surface area contributed by atoms with E-state index in [1.54, 1.807) is 29.2 Å². The smallest absolute Gasteiger partial charge is 0.223 e. The number of amides is 1. The molecule has 1 heterocycles. The molecule has 0 unspecified atom stereocenters. The predicted molar refractivity (Wildman–Crippen MR) is 114 cm³/mol. The third-order valence-corrected chi connectivity index (χ3v) is 6.83. The first-order valence-corrected chi connectivity index (χ1v) is 11.6. The molecule has 2 aromatic carbocycles. The summed E-state index contributed by atoms with van der Waals surface area (Å²) in [4.78, 5) is 16.8. The van der Waals surface area contributed by atoms with E-state index in [-0.39, 0.29) is 23.0 Å². The Bertz CT molecular complexity index is 934. The highest BCUT2D eigenvalue weighted by Crippen LogP contribution is 2.28. The summed E-state index contributed by atoms with van der Waals surface area (Å²) in [5.74, 6) is 0.569. The van der Waals surface area contributed by atoms with E-state index in [4.69, 9.17) is 4.74 Å². The Kier molecular flexibility index (Phi) is 6.79. The molecule has 1 amide bonds. The van der Waals surface area contributed by atoms with Gasteiger partial charge in [-0.05, 0) is 38.1 Å². The topological polar surface area (TPSA) is 66.9 Å². The average Bonchev–Trinajstić information content (AvgIpc) is 2.73. The van der Waals surface area contributed by atoms with Gasteiger partial charge in [-0.1, -0.05) is 29.8 Å². The molecule has 0 radical (unpaired) electrons. The highest BCUT2D eigenvalue weighted by Gasteiger charge is 2.24. The number of para-hydroxylation sites is 2. The molecule has 0 aromatic heterocycles. The van der Waals surface area contributed by atoms with Gasteiger partial charge in [-0.15, -0.1) is 0 Å². The maximum atomic E-state index is 12.6. The van der Waals surface area contributed by atoms with E-state index in [9.17, 15) is 13.2 Å². The van der Waals surface area contributed by atoms with Crippen LogP contribution in [-0.2, 0) is 14.6 Å². The van der Waals surface area contributed by atoms with Gasteiger partial charge in [0.25, 0.3) is 0 Å². The van der Waals surface area contributed by atoms with E-state index in [1.165, 1.54) is 0 Å². The van der Waals surface area contributed by atoms with Gasteiger partial charge in [0, 0.05) is 32.6 Å². The molecular formula is C22H28N2O4S. The number of benzene rings is 2. The van der Waals surface area contributed by atoms with Crippen LogP contribution in [0.5, 0.6) is 5.75 Å². The summed E-state index contributed by atoms with van der Waals surface area (Å²) in [7, 11) is -3.45. The van der Waals surface area contributed by atoms with Crippen LogP contribution in [0.4, 0.5) is 5.69 Å². The molecule has 1 saturated heterocycles. The Morgan fingerprint density at radius 3 is 2.31 bits per heavy atom. The molecule has 0 saturated carbocycles. The van der Waals surface area contributed by atoms with Crippen LogP contribution in [0.15, 0.2) is 53.4 Å². The second-order valence-corrected chi connectivity index (χ2v) is 9.26. The number of ether oxygens (including phenoxy) is 1. The summed E-state index contributed by atoms with van der Waals surface area (Å²) < 4.78 is 30.6. The van der Waals surface area contributed by atoms with Crippen LogP contribution in [0.1, 0.15) is 18.9 Å². The number of nitrogens with zero attached hydrogens (tertiary/aromatic N) is 2. The minimum atomic E-state index is -3.45. The van der Waals surface area contributed by atoms with E-state index in [1.807, 2.05) is 38.1 Å². The maximum absolute atomic E-state index is 12.6. The molecule has 0 bridgehead atoms. The molecule has 7 heteroatoms. The second-order valence-electron chi connectivity index (χ2n) is 7.15. The summed E-state index contributed by atoms with van der Waals surface area (Å²) in [5.41, 5.74) is 2.03.